The highest BCUT2D eigenvalue weighted by molar-refractivity contribution is 5.66. The van der Waals surface area contributed by atoms with Crippen LogP contribution in [0, 0.1) is 0 Å². The molecule has 4 nitrogen and oxygen atoms in total. The van der Waals surface area contributed by atoms with Gasteiger partial charge in [-0.15, -0.1) is 0 Å². The van der Waals surface area contributed by atoms with E-state index in [0.717, 1.165) is 44.1 Å². The number of hydrogen-bond acceptors (Lipinski definition) is 3. The molecule has 0 aliphatic carbocycles. The second-order valence-corrected chi connectivity index (χ2v) is 5.73. The van der Waals surface area contributed by atoms with Gasteiger partial charge < -0.3 is 9.72 Å². The minimum absolute atomic E-state index is 0.942. The number of pyridine rings is 1. The van der Waals surface area contributed by atoms with Crippen molar-refractivity contribution in [3.63, 3.8) is 0 Å². The summed E-state index contributed by atoms with van der Waals surface area (Å²) in [6.45, 7) is 5.26. The average Bonchev–Trinajstić information content (AvgIpc) is 2.95. The zero-order valence-electron chi connectivity index (χ0n) is 12.6. The van der Waals surface area contributed by atoms with Crippen molar-refractivity contribution in [3.05, 3.63) is 60.4 Å². The maximum atomic E-state index is 4.87. The summed E-state index contributed by atoms with van der Waals surface area (Å²) < 4.78 is 2.23. The van der Waals surface area contributed by atoms with Gasteiger partial charge in [-0.2, -0.15) is 0 Å². The molecule has 4 rings (SSSR count). The number of benzene rings is 1. The summed E-state index contributed by atoms with van der Waals surface area (Å²) in [6, 6.07) is 16.7. The second kappa shape index (κ2) is 5.91. The minimum Gasteiger partial charge on any atom is -0.314 e. The molecule has 22 heavy (non-hydrogen) atoms. The maximum Gasteiger partial charge on any atom is 0.137 e. The van der Waals surface area contributed by atoms with Crippen LogP contribution in [0.3, 0.4) is 0 Å². The molecule has 1 aliphatic heterocycles. The van der Waals surface area contributed by atoms with Crippen LogP contribution in [0.2, 0.25) is 0 Å². The number of fused-ring (bicyclic) bond motifs is 1. The van der Waals surface area contributed by atoms with Crippen molar-refractivity contribution in [1.29, 1.82) is 0 Å². The molecule has 0 unspecified atom stereocenters. The Bertz CT molecular complexity index is 757. The van der Waals surface area contributed by atoms with Crippen LogP contribution in [0.4, 0.5) is 0 Å². The fraction of sp³-hybridized carbons (Fsp3) is 0.278. The topological polar surface area (TPSA) is 32.6 Å². The van der Waals surface area contributed by atoms with E-state index in [4.69, 9.17) is 4.98 Å². The zero-order chi connectivity index (χ0) is 14.8. The standard InChI is InChI=1S/C18H20N4/c1-2-6-15(7-3-1)18-16(14-21-12-9-19-10-13-21)22-11-5-4-8-17(22)20-18/h1-8,11,19H,9-10,12-14H2. The molecule has 0 amide bonds. The van der Waals surface area contributed by atoms with Crippen molar-refractivity contribution < 1.29 is 0 Å². The van der Waals surface area contributed by atoms with Gasteiger partial charge in [-0.3, -0.25) is 4.90 Å². The van der Waals surface area contributed by atoms with Gasteiger partial charge in [0.1, 0.15) is 5.65 Å². The van der Waals surface area contributed by atoms with Crippen LogP contribution < -0.4 is 5.32 Å². The minimum atomic E-state index is 0.942. The van der Waals surface area contributed by atoms with E-state index in [1.165, 1.54) is 11.3 Å². The Morgan fingerprint density at radius 1 is 0.955 bits per heavy atom. The van der Waals surface area contributed by atoms with Crippen molar-refractivity contribution in [3.8, 4) is 11.3 Å². The predicted molar refractivity (Wildman–Crippen MR) is 88.8 cm³/mol. The molecule has 1 aromatic carbocycles. The van der Waals surface area contributed by atoms with Gasteiger partial charge in [-0.1, -0.05) is 36.4 Å². The number of nitrogens with zero attached hydrogens (tertiary/aromatic N) is 3. The van der Waals surface area contributed by atoms with E-state index in [0.29, 0.717) is 0 Å². The molecule has 2 aromatic heterocycles. The first-order chi connectivity index (χ1) is 10.9. The highest BCUT2D eigenvalue weighted by Crippen LogP contribution is 2.25. The number of piperazine rings is 1. The molecule has 0 spiro atoms. The Morgan fingerprint density at radius 3 is 2.55 bits per heavy atom. The number of imidazole rings is 1. The Morgan fingerprint density at radius 2 is 1.73 bits per heavy atom. The Labute approximate surface area is 130 Å². The molecule has 3 heterocycles. The summed E-state index contributed by atoms with van der Waals surface area (Å²) in [5, 5.41) is 3.41. The van der Waals surface area contributed by atoms with Gasteiger partial charge in [-0.25, -0.2) is 4.98 Å². The molecular formula is C18H20N4. The third-order valence-electron chi connectivity index (χ3n) is 4.26. The van der Waals surface area contributed by atoms with Gasteiger partial charge in [0.2, 0.25) is 0 Å². The van der Waals surface area contributed by atoms with Crippen molar-refractivity contribution in [2.24, 2.45) is 0 Å². The van der Waals surface area contributed by atoms with Gasteiger partial charge in [0.25, 0.3) is 0 Å². The van der Waals surface area contributed by atoms with Gasteiger partial charge >= 0.3 is 0 Å². The molecular weight excluding hydrogens is 272 g/mol. The van der Waals surface area contributed by atoms with Gasteiger partial charge in [0, 0.05) is 44.5 Å². The van der Waals surface area contributed by atoms with Crippen LogP contribution >= 0.6 is 0 Å². The summed E-state index contributed by atoms with van der Waals surface area (Å²) in [5.74, 6) is 0. The van der Waals surface area contributed by atoms with Gasteiger partial charge in [-0.05, 0) is 12.1 Å². The highest BCUT2D eigenvalue weighted by Gasteiger charge is 2.18. The van der Waals surface area contributed by atoms with E-state index in [1.807, 2.05) is 6.07 Å². The number of aromatic nitrogens is 2. The summed E-state index contributed by atoms with van der Waals surface area (Å²) >= 11 is 0. The van der Waals surface area contributed by atoms with Crippen LogP contribution in [0.1, 0.15) is 5.69 Å². The third kappa shape index (κ3) is 2.51. The molecule has 1 saturated heterocycles. The molecule has 112 valence electrons. The summed E-state index contributed by atoms with van der Waals surface area (Å²) in [5.41, 5.74) is 4.59. The summed E-state index contributed by atoms with van der Waals surface area (Å²) in [4.78, 5) is 7.37. The van der Waals surface area contributed by atoms with Gasteiger partial charge in [0.15, 0.2) is 0 Å². The number of rotatable bonds is 3. The second-order valence-electron chi connectivity index (χ2n) is 5.73. The first-order valence-corrected chi connectivity index (χ1v) is 7.86. The fourth-order valence-corrected chi connectivity index (χ4v) is 3.11. The van der Waals surface area contributed by atoms with Crippen molar-refractivity contribution >= 4 is 5.65 Å². The normalized spacial score (nSPS) is 16.2. The van der Waals surface area contributed by atoms with Crippen molar-refractivity contribution in [2.45, 2.75) is 6.54 Å². The lowest BCUT2D eigenvalue weighted by Gasteiger charge is -2.27. The lowest BCUT2D eigenvalue weighted by molar-refractivity contribution is 0.230. The van der Waals surface area contributed by atoms with E-state index >= 15 is 0 Å². The first-order valence-electron chi connectivity index (χ1n) is 7.86. The molecule has 0 atom stereocenters. The largest absolute Gasteiger partial charge is 0.314 e. The smallest absolute Gasteiger partial charge is 0.137 e. The van der Waals surface area contributed by atoms with Crippen molar-refractivity contribution in [2.75, 3.05) is 26.2 Å². The van der Waals surface area contributed by atoms with Crippen molar-refractivity contribution in [1.82, 2.24) is 19.6 Å². The van der Waals surface area contributed by atoms with Crippen LogP contribution in [0.15, 0.2) is 54.7 Å². The number of hydrogen-bond donors (Lipinski definition) is 1. The van der Waals surface area contributed by atoms with E-state index in [1.54, 1.807) is 0 Å². The Hall–Kier alpha value is -2.17. The maximum absolute atomic E-state index is 4.87. The van der Waals surface area contributed by atoms with Crippen LogP contribution in [0.5, 0.6) is 0 Å². The van der Waals surface area contributed by atoms with E-state index in [-0.39, 0.29) is 0 Å². The van der Waals surface area contributed by atoms with Gasteiger partial charge in [0.05, 0.1) is 11.4 Å². The first kappa shape index (κ1) is 13.5. The SMILES string of the molecule is c1ccc(-c2nc3ccccn3c2CN2CCNCC2)cc1. The lowest BCUT2D eigenvalue weighted by Crippen LogP contribution is -2.43. The Kier molecular flexibility index (Phi) is 3.62. The zero-order valence-corrected chi connectivity index (χ0v) is 12.6. The molecule has 0 bridgehead atoms. The van der Waals surface area contributed by atoms with Crippen LogP contribution in [0.25, 0.3) is 16.9 Å². The molecule has 0 radical (unpaired) electrons. The molecule has 1 N–H and O–H groups in total. The molecule has 3 aromatic rings. The van der Waals surface area contributed by atoms with Crippen LogP contribution in [-0.4, -0.2) is 40.5 Å². The number of nitrogens with one attached hydrogen (secondary N) is 1. The monoisotopic (exact) mass is 292 g/mol. The molecule has 4 heteroatoms. The molecule has 1 aliphatic rings. The molecule has 0 saturated carbocycles. The third-order valence-corrected chi connectivity index (χ3v) is 4.26. The fourth-order valence-electron chi connectivity index (χ4n) is 3.11. The Balaban J connectivity index is 1.79. The van der Waals surface area contributed by atoms with Crippen LogP contribution in [-0.2, 0) is 6.54 Å². The predicted octanol–water partition coefficient (Wildman–Crippen LogP) is 2.41. The molecule has 1 fully saturated rings. The average molecular weight is 292 g/mol. The van der Waals surface area contributed by atoms with E-state index < -0.39 is 0 Å². The highest BCUT2D eigenvalue weighted by atomic mass is 15.2. The lowest BCUT2D eigenvalue weighted by atomic mass is 10.1. The summed E-state index contributed by atoms with van der Waals surface area (Å²) in [7, 11) is 0. The van der Waals surface area contributed by atoms with E-state index in [9.17, 15) is 0 Å². The van der Waals surface area contributed by atoms with E-state index in [2.05, 4.69) is 63.3 Å². The summed E-state index contributed by atoms with van der Waals surface area (Å²) in [6.07, 6.45) is 2.12. The quantitative estimate of drug-likeness (QED) is 0.804.